The van der Waals surface area contributed by atoms with Crippen molar-refractivity contribution >= 4 is 0 Å². The molecule has 0 spiro atoms. The van der Waals surface area contributed by atoms with Crippen LogP contribution in [0.25, 0.3) is 0 Å². The summed E-state index contributed by atoms with van der Waals surface area (Å²) in [6, 6.07) is 1.10. The number of halogens is 1. The number of hydrogen-bond donors (Lipinski definition) is 2. The summed E-state index contributed by atoms with van der Waals surface area (Å²) >= 11 is 0. The van der Waals surface area contributed by atoms with E-state index >= 15 is 0 Å². The lowest BCUT2D eigenvalue weighted by Gasteiger charge is -2.15. The van der Waals surface area contributed by atoms with Gasteiger partial charge in [-0.25, -0.2) is 9.18 Å². The van der Waals surface area contributed by atoms with Crippen LogP contribution in [0, 0.1) is 6.61 Å². The number of nitrogens with zero attached hydrogens (tertiary/aromatic N) is 1. The van der Waals surface area contributed by atoms with Crippen molar-refractivity contribution in [3.8, 4) is 0 Å². The highest BCUT2D eigenvalue weighted by Gasteiger charge is 2.36. The second-order valence-electron chi connectivity index (χ2n) is 3.48. The van der Waals surface area contributed by atoms with E-state index in [2.05, 4.69) is 0 Å². The summed E-state index contributed by atoms with van der Waals surface area (Å²) in [5, 5.41) is 8.70. The van der Waals surface area contributed by atoms with Gasteiger partial charge in [-0.3, -0.25) is 14.3 Å². The molecule has 2 heterocycles. The first-order valence-electron chi connectivity index (χ1n) is 4.70. The summed E-state index contributed by atoms with van der Waals surface area (Å²) in [5.74, 6) is 0. The predicted molar refractivity (Wildman–Crippen MR) is 51.0 cm³/mol. The number of nitrogens with one attached hydrogen (secondary N) is 1. The average molecular weight is 229 g/mol. The summed E-state index contributed by atoms with van der Waals surface area (Å²) in [6.07, 6.45) is -2.11. The molecule has 2 rings (SSSR count). The van der Waals surface area contributed by atoms with Crippen LogP contribution >= 0.6 is 0 Å². The molecule has 1 aliphatic heterocycles. The molecule has 6 nitrogen and oxygen atoms in total. The van der Waals surface area contributed by atoms with Gasteiger partial charge in [-0.1, -0.05) is 0 Å². The maximum atomic E-state index is 13.5. The highest BCUT2D eigenvalue weighted by atomic mass is 19.1. The molecule has 0 aromatic carbocycles. The SMILES string of the molecule is O=c1ccn([C@@H]2O[C@H]([CH]O)C[C@H]2F)c(=O)[nH]1. The molecule has 87 valence electrons. The first-order valence-corrected chi connectivity index (χ1v) is 4.70. The van der Waals surface area contributed by atoms with Crippen molar-refractivity contribution < 1.29 is 14.2 Å². The molecule has 1 saturated heterocycles. The van der Waals surface area contributed by atoms with Gasteiger partial charge < -0.3 is 9.84 Å². The highest BCUT2D eigenvalue weighted by Crippen LogP contribution is 2.30. The molecule has 3 atom stereocenters. The highest BCUT2D eigenvalue weighted by molar-refractivity contribution is 4.90. The van der Waals surface area contributed by atoms with Crippen LogP contribution in [-0.4, -0.2) is 26.9 Å². The summed E-state index contributed by atoms with van der Waals surface area (Å²) in [4.78, 5) is 24.2. The van der Waals surface area contributed by atoms with Crippen LogP contribution in [0.5, 0.6) is 0 Å². The summed E-state index contributed by atoms with van der Waals surface area (Å²) in [5.41, 5.74) is -1.29. The summed E-state index contributed by atoms with van der Waals surface area (Å²) in [7, 11) is 0. The minimum atomic E-state index is -1.41. The number of aromatic nitrogens is 2. The second-order valence-corrected chi connectivity index (χ2v) is 3.48. The minimum absolute atomic E-state index is 0.0211. The first-order chi connectivity index (χ1) is 7.61. The molecule has 0 unspecified atom stereocenters. The molecule has 16 heavy (non-hydrogen) atoms. The summed E-state index contributed by atoms with van der Waals surface area (Å²) < 4.78 is 19.5. The van der Waals surface area contributed by atoms with Gasteiger partial charge in [-0.05, 0) is 0 Å². The Hall–Kier alpha value is -1.47. The van der Waals surface area contributed by atoms with Crippen LogP contribution in [-0.2, 0) is 4.74 Å². The van der Waals surface area contributed by atoms with Gasteiger partial charge in [0.05, 0.1) is 6.10 Å². The molecule has 1 aromatic rings. The van der Waals surface area contributed by atoms with E-state index in [1.807, 2.05) is 4.98 Å². The molecule has 0 saturated carbocycles. The van der Waals surface area contributed by atoms with Gasteiger partial charge in [-0.2, -0.15) is 0 Å². The molecular weight excluding hydrogens is 219 g/mol. The monoisotopic (exact) mass is 229 g/mol. The summed E-state index contributed by atoms with van der Waals surface area (Å²) in [6.45, 7) is 0.739. The number of ether oxygens (including phenoxy) is 1. The number of hydrogen-bond acceptors (Lipinski definition) is 4. The third-order valence-corrected chi connectivity index (χ3v) is 2.37. The Morgan fingerprint density at radius 1 is 1.62 bits per heavy atom. The smallest absolute Gasteiger partial charge is 0.330 e. The number of aliphatic hydroxyl groups is 1. The van der Waals surface area contributed by atoms with Crippen LogP contribution in [0.15, 0.2) is 21.9 Å². The molecule has 0 aliphatic carbocycles. The van der Waals surface area contributed by atoms with E-state index in [9.17, 15) is 14.0 Å². The van der Waals surface area contributed by atoms with E-state index in [0.717, 1.165) is 23.4 Å². The number of aliphatic hydroxyl groups excluding tert-OH is 1. The standard InChI is InChI=1S/C9H10FN2O4/c10-6-3-5(4-13)16-8(6)12-2-1-7(14)11-9(12)15/h1-2,4-6,8,13H,3H2,(H,11,14,15)/t5-,6+,8+/m0/s1. The molecule has 7 heteroatoms. The van der Waals surface area contributed by atoms with E-state index in [0.29, 0.717) is 0 Å². The molecule has 2 N–H and O–H groups in total. The van der Waals surface area contributed by atoms with Crippen LogP contribution in [0.2, 0.25) is 0 Å². The lowest BCUT2D eigenvalue weighted by molar-refractivity contribution is -0.0234. The lowest BCUT2D eigenvalue weighted by atomic mass is 10.2. The van der Waals surface area contributed by atoms with Gasteiger partial charge in [0.1, 0.15) is 12.8 Å². The molecular formula is C9H10FN2O4. The molecule has 0 amide bonds. The normalized spacial score (nSPS) is 29.5. The average Bonchev–Trinajstić information content (AvgIpc) is 2.60. The quantitative estimate of drug-likeness (QED) is 0.729. The molecule has 1 aromatic heterocycles. The van der Waals surface area contributed by atoms with Crippen molar-refractivity contribution in [2.45, 2.75) is 24.9 Å². The zero-order valence-corrected chi connectivity index (χ0v) is 8.17. The van der Waals surface area contributed by atoms with Gasteiger partial charge in [-0.15, -0.1) is 0 Å². The van der Waals surface area contributed by atoms with Crippen LogP contribution in [0.4, 0.5) is 4.39 Å². The lowest BCUT2D eigenvalue weighted by Crippen LogP contribution is -2.34. The zero-order valence-electron chi connectivity index (χ0n) is 8.17. The van der Waals surface area contributed by atoms with Crippen molar-refractivity contribution in [1.82, 2.24) is 9.55 Å². The van der Waals surface area contributed by atoms with Gasteiger partial charge >= 0.3 is 5.69 Å². The van der Waals surface area contributed by atoms with E-state index in [-0.39, 0.29) is 6.42 Å². The third-order valence-electron chi connectivity index (χ3n) is 2.37. The largest absolute Gasteiger partial charge is 0.388 e. The molecule has 1 fully saturated rings. The Bertz CT molecular complexity index is 483. The van der Waals surface area contributed by atoms with Crippen molar-refractivity contribution in [2.24, 2.45) is 0 Å². The predicted octanol–water partition coefficient (Wildman–Crippen LogP) is -0.304. The topological polar surface area (TPSA) is 84.3 Å². The molecule has 0 bridgehead atoms. The molecule has 1 aliphatic rings. The van der Waals surface area contributed by atoms with Crippen molar-refractivity contribution in [2.75, 3.05) is 0 Å². The maximum Gasteiger partial charge on any atom is 0.330 e. The zero-order chi connectivity index (χ0) is 11.7. The Labute approximate surface area is 89.3 Å². The van der Waals surface area contributed by atoms with Crippen LogP contribution in [0.3, 0.4) is 0 Å². The Morgan fingerprint density at radius 2 is 2.38 bits per heavy atom. The first kappa shape index (κ1) is 11.0. The van der Waals surface area contributed by atoms with Crippen molar-refractivity contribution in [3.63, 3.8) is 0 Å². The van der Waals surface area contributed by atoms with Crippen molar-refractivity contribution in [3.05, 3.63) is 39.7 Å². The molecule has 1 radical (unpaired) electrons. The third kappa shape index (κ3) is 1.91. The second kappa shape index (κ2) is 4.18. The Kier molecular flexibility index (Phi) is 2.88. The number of aromatic amines is 1. The van der Waals surface area contributed by atoms with E-state index < -0.39 is 29.8 Å². The Balaban J connectivity index is 2.31. The van der Waals surface area contributed by atoms with Gasteiger partial charge in [0.15, 0.2) is 6.23 Å². The van der Waals surface area contributed by atoms with Crippen LogP contribution in [0.1, 0.15) is 12.6 Å². The number of H-pyrrole nitrogens is 1. The van der Waals surface area contributed by atoms with E-state index in [1.165, 1.54) is 0 Å². The van der Waals surface area contributed by atoms with E-state index in [4.69, 9.17) is 9.84 Å². The van der Waals surface area contributed by atoms with Gasteiger partial charge in [0.25, 0.3) is 5.56 Å². The number of alkyl halides is 1. The van der Waals surface area contributed by atoms with Crippen molar-refractivity contribution in [1.29, 1.82) is 0 Å². The van der Waals surface area contributed by atoms with Crippen LogP contribution < -0.4 is 11.2 Å². The minimum Gasteiger partial charge on any atom is -0.388 e. The maximum absolute atomic E-state index is 13.5. The fourth-order valence-corrected chi connectivity index (χ4v) is 1.62. The Morgan fingerprint density at radius 3 is 2.94 bits per heavy atom. The fraction of sp³-hybridized carbons (Fsp3) is 0.444. The number of rotatable bonds is 2. The van der Waals surface area contributed by atoms with E-state index in [1.54, 1.807) is 0 Å². The fourth-order valence-electron chi connectivity index (χ4n) is 1.62. The van der Waals surface area contributed by atoms with Gasteiger partial charge in [0.2, 0.25) is 0 Å². The van der Waals surface area contributed by atoms with Gasteiger partial charge in [0, 0.05) is 18.7 Å².